The molecule has 1 aromatic rings. The van der Waals surface area contributed by atoms with Crippen LogP contribution in [-0.4, -0.2) is 40.7 Å². The second-order valence-corrected chi connectivity index (χ2v) is 3.83. The molecule has 1 fully saturated rings. The van der Waals surface area contributed by atoms with Gasteiger partial charge in [0, 0.05) is 25.7 Å². The summed E-state index contributed by atoms with van der Waals surface area (Å²) in [6.45, 7) is 7.92. The Kier molecular flexibility index (Phi) is 2.79. The molecule has 2 heterocycles. The van der Waals surface area contributed by atoms with Crippen LogP contribution in [0.1, 0.15) is 18.6 Å². The highest BCUT2D eigenvalue weighted by atomic mass is 16.5. The zero-order chi connectivity index (χ0) is 9.97. The van der Waals surface area contributed by atoms with Gasteiger partial charge in [-0.2, -0.15) is 4.98 Å². The minimum atomic E-state index is 0.549. The molecule has 1 aromatic heterocycles. The van der Waals surface area contributed by atoms with Gasteiger partial charge in [-0.15, -0.1) is 0 Å². The fourth-order valence-corrected chi connectivity index (χ4v) is 1.75. The first-order valence-corrected chi connectivity index (χ1v) is 4.99. The van der Waals surface area contributed by atoms with E-state index in [0.29, 0.717) is 11.9 Å². The van der Waals surface area contributed by atoms with E-state index in [4.69, 9.17) is 4.52 Å². The molecular weight excluding hydrogens is 180 g/mol. The average molecular weight is 196 g/mol. The highest BCUT2D eigenvalue weighted by Gasteiger charge is 2.17. The van der Waals surface area contributed by atoms with Crippen LogP contribution in [-0.2, 0) is 6.54 Å². The molecule has 5 heteroatoms. The average Bonchev–Trinajstić information content (AvgIpc) is 2.51. The summed E-state index contributed by atoms with van der Waals surface area (Å²) in [5, 5.41) is 7.17. The van der Waals surface area contributed by atoms with Crippen LogP contribution in [0.2, 0.25) is 0 Å². The molecule has 0 spiro atoms. The van der Waals surface area contributed by atoms with E-state index in [2.05, 4.69) is 27.3 Å². The number of piperazine rings is 1. The van der Waals surface area contributed by atoms with Gasteiger partial charge in [0.15, 0.2) is 5.82 Å². The van der Waals surface area contributed by atoms with Crippen LogP contribution in [0.25, 0.3) is 0 Å². The number of hydrogen-bond acceptors (Lipinski definition) is 5. The van der Waals surface area contributed by atoms with Crippen LogP contribution >= 0.6 is 0 Å². The molecule has 1 atom stereocenters. The van der Waals surface area contributed by atoms with Crippen molar-refractivity contribution in [3.05, 3.63) is 11.7 Å². The highest BCUT2D eigenvalue weighted by Crippen LogP contribution is 2.05. The molecule has 0 saturated carbocycles. The van der Waals surface area contributed by atoms with Crippen molar-refractivity contribution in [3.63, 3.8) is 0 Å². The molecule has 14 heavy (non-hydrogen) atoms. The third kappa shape index (κ3) is 2.30. The Morgan fingerprint density at radius 1 is 1.64 bits per heavy atom. The maximum Gasteiger partial charge on any atom is 0.240 e. The van der Waals surface area contributed by atoms with Crippen LogP contribution in [0.5, 0.6) is 0 Å². The summed E-state index contributed by atoms with van der Waals surface area (Å²) in [5.41, 5.74) is 0. The Morgan fingerprint density at radius 2 is 2.50 bits per heavy atom. The van der Waals surface area contributed by atoms with Crippen molar-refractivity contribution in [2.45, 2.75) is 26.4 Å². The SMILES string of the molecule is Cc1noc(CN2CCNC(C)C2)n1. The van der Waals surface area contributed by atoms with Crippen molar-refractivity contribution < 1.29 is 4.52 Å². The molecular formula is C9H16N4O. The summed E-state index contributed by atoms with van der Waals surface area (Å²) < 4.78 is 5.08. The molecule has 1 saturated heterocycles. The number of rotatable bonds is 2. The molecule has 78 valence electrons. The summed E-state index contributed by atoms with van der Waals surface area (Å²) >= 11 is 0. The maximum absolute atomic E-state index is 5.08. The van der Waals surface area contributed by atoms with Crippen molar-refractivity contribution in [3.8, 4) is 0 Å². The molecule has 0 amide bonds. The number of aryl methyl sites for hydroxylation is 1. The molecule has 0 radical (unpaired) electrons. The van der Waals surface area contributed by atoms with Gasteiger partial charge in [0.1, 0.15) is 0 Å². The third-order valence-electron chi connectivity index (χ3n) is 2.38. The molecule has 0 bridgehead atoms. The molecule has 1 aliphatic rings. The topological polar surface area (TPSA) is 54.2 Å². The van der Waals surface area contributed by atoms with E-state index in [-0.39, 0.29) is 0 Å². The predicted molar refractivity (Wildman–Crippen MR) is 51.8 cm³/mol. The molecule has 0 aliphatic carbocycles. The smallest absolute Gasteiger partial charge is 0.240 e. The first kappa shape index (κ1) is 9.61. The summed E-state index contributed by atoms with van der Waals surface area (Å²) in [5.74, 6) is 1.43. The standard InChI is InChI=1S/C9H16N4O/c1-7-5-13(4-3-10-7)6-9-11-8(2)12-14-9/h7,10H,3-6H2,1-2H3. The van der Waals surface area contributed by atoms with Gasteiger partial charge in [-0.05, 0) is 13.8 Å². The predicted octanol–water partition coefficient (Wildman–Crippen LogP) is 0.172. The molecule has 1 unspecified atom stereocenters. The highest BCUT2D eigenvalue weighted by molar-refractivity contribution is 4.85. The number of aromatic nitrogens is 2. The zero-order valence-electron chi connectivity index (χ0n) is 8.66. The van der Waals surface area contributed by atoms with E-state index in [0.717, 1.165) is 32.1 Å². The van der Waals surface area contributed by atoms with Crippen molar-refractivity contribution in [1.82, 2.24) is 20.4 Å². The van der Waals surface area contributed by atoms with E-state index < -0.39 is 0 Å². The fraction of sp³-hybridized carbons (Fsp3) is 0.778. The Balaban J connectivity index is 1.90. The maximum atomic E-state index is 5.08. The zero-order valence-corrected chi connectivity index (χ0v) is 8.66. The molecule has 0 aromatic carbocycles. The van der Waals surface area contributed by atoms with Crippen molar-refractivity contribution >= 4 is 0 Å². The number of nitrogens with zero attached hydrogens (tertiary/aromatic N) is 3. The number of hydrogen-bond donors (Lipinski definition) is 1. The van der Waals surface area contributed by atoms with Crippen LogP contribution in [0, 0.1) is 6.92 Å². The lowest BCUT2D eigenvalue weighted by atomic mass is 10.2. The van der Waals surface area contributed by atoms with E-state index in [1.54, 1.807) is 0 Å². The van der Waals surface area contributed by atoms with Crippen molar-refractivity contribution in [2.75, 3.05) is 19.6 Å². The van der Waals surface area contributed by atoms with Gasteiger partial charge in [-0.25, -0.2) is 0 Å². The van der Waals surface area contributed by atoms with Crippen LogP contribution in [0.4, 0.5) is 0 Å². The summed E-state index contributed by atoms with van der Waals surface area (Å²) in [7, 11) is 0. The van der Waals surface area contributed by atoms with Gasteiger partial charge < -0.3 is 9.84 Å². The lowest BCUT2D eigenvalue weighted by Gasteiger charge is -2.30. The summed E-state index contributed by atoms with van der Waals surface area (Å²) in [6.07, 6.45) is 0. The first-order valence-electron chi connectivity index (χ1n) is 4.99. The Labute approximate surface area is 83.5 Å². The Bertz CT molecular complexity index is 299. The number of nitrogens with one attached hydrogen (secondary N) is 1. The first-order chi connectivity index (χ1) is 6.74. The molecule has 2 rings (SSSR count). The normalized spacial score (nSPS) is 24.0. The third-order valence-corrected chi connectivity index (χ3v) is 2.38. The van der Waals surface area contributed by atoms with Crippen LogP contribution < -0.4 is 5.32 Å². The van der Waals surface area contributed by atoms with E-state index >= 15 is 0 Å². The van der Waals surface area contributed by atoms with Crippen LogP contribution in [0.3, 0.4) is 0 Å². The minimum absolute atomic E-state index is 0.549. The minimum Gasteiger partial charge on any atom is -0.338 e. The molecule has 1 N–H and O–H groups in total. The Morgan fingerprint density at radius 3 is 3.14 bits per heavy atom. The lowest BCUT2D eigenvalue weighted by Crippen LogP contribution is -2.48. The summed E-state index contributed by atoms with van der Waals surface area (Å²) in [6, 6.07) is 0.549. The second-order valence-electron chi connectivity index (χ2n) is 3.83. The molecule has 5 nitrogen and oxygen atoms in total. The van der Waals surface area contributed by atoms with E-state index in [1.165, 1.54) is 0 Å². The van der Waals surface area contributed by atoms with Crippen LogP contribution in [0.15, 0.2) is 4.52 Å². The van der Waals surface area contributed by atoms with Gasteiger partial charge >= 0.3 is 0 Å². The quantitative estimate of drug-likeness (QED) is 0.731. The monoisotopic (exact) mass is 196 g/mol. The van der Waals surface area contributed by atoms with Gasteiger partial charge in [0.05, 0.1) is 6.54 Å². The van der Waals surface area contributed by atoms with E-state index in [9.17, 15) is 0 Å². The lowest BCUT2D eigenvalue weighted by molar-refractivity contribution is 0.177. The Hall–Kier alpha value is -0.940. The largest absolute Gasteiger partial charge is 0.338 e. The van der Waals surface area contributed by atoms with Gasteiger partial charge in [-0.3, -0.25) is 4.90 Å². The van der Waals surface area contributed by atoms with Gasteiger partial charge in [0.2, 0.25) is 5.89 Å². The summed E-state index contributed by atoms with van der Waals surface area (Å²) in [4.78, 5) is 6.52. The molecule has 1 aliphatic heterocycles. The fourth-order valence-electron chi connectivity index (χ4n) is 1.75. The van der Waals surface area contributed by atoms with Gasteiger partial charge in [0.25, 0.3) is 0 Å². The van der Waals surface area contributed by atoms with Gasteiger partial charge in [-0.1, -0.05) is 5.16 Å². The van der Waals surface area contributed by atoms with E-state index in [1.807, 2.05) is 6.92 Å². The second kappa shape index (κ2) is 4.06. The van der Waals surface area contributed by atoms with Crippen molar-refractivity contribution in [2.24, 2.45) is 0 Å². The van der Waals surface area contributed by atoms with Crippen molar-refractivity contribution in [1.29, 1.82) is 0 Å².